The van der Waals surface area contributed by atoms with Gasteiger partial charge in [-0.15, -0.1) is 0 Å². The van der Waals surface area contributed by atoms with Crippen molar-refractivity contribution in [3.05, 3.63) is 108 Å². The Hall–Kier alpha value is -5.75. The Morgan fingerprint density at radius 2 is 1.22 bits per heavy atom. The number of imidazole rings is 2. The van der Waals surface area contributed by atoms with E-state index >= 15 is 0 Å². The average Bonchev–Trinajstić information content (AvgIpc) is 4.10. The topological polar surface area (TPSA) is 154 Å². The Kier molecular flexibility index (Phi) is 11.7. The number of H-pyrrole nitrogens is 2. The molecule has 3 aromatic carbocycles. The van der Waals surface area contributed by atoms with Crippen molar-refractivity contribution in [3.8, 4) is 33.6 Å². The molecule has 1 aliphatic carbocycles. The minimum Gasteiger partial charge on any atom is -0.446 e. The van der Waals surface area contributed by atoms with Crippen molar-refractivity contribution >= 4 is 17.9 Å². The standard InChI is InChI=1S/C46H54N8O4/c1-3-52(4-2)41(34-12-6-5-7-13-34)45(56)54-27-11-16-39(54)43-49-29-37(51-43)33-24-20-31(21-25-33)30-18-22-32(23-19-30)36-28-48-42(50-36)38-15-10-26-53(38)44(55)35-14-8-9-17-40(35)58-46(47)57/h5-7,12-13,18-25,28-29,35,38-41H,3-4,8-11,14-17,26-27H2,1-2H3,(H2,47,57)(H,48,50)(H,49,51)/t35-,38-,39-,40+,41+/m0/s1. The molecule has 3 amide bonds. The number of nitrogens with zero attached hydrogens (tertiary/aromatic N) is 5. The number of hydrogen-bond acceptors (Lipinski definition) is 7. The van der Waals surface area contributed by atoms with Crippen LogP contribution in [0.1, 0.15) is 101 Å². The van der Waals surface area contributed by atoms with Crippen molar-refractivity contribution in [1.82, 2.24) is 34.6 Å². The Morgan fingerprint density at radius 1 is 0.707 bits per heavy atom. The fourth-order valence-electron chi connectivity index (χ4n) is 9.39. The molecule has 1 saturated carbocycles. The Balaban J connectivity index is 0.922. The molecule has 5 atom stereocenters. The lowest BCUT2D eigenvalue weighted by atomic mass is 9.85. The van der Waals surface area contributed by atoms with Crippen LogP contribution >= 0.6 is 0 Å². The second-order valence-electron chi connectivity index (χ2n) is 15.8. The highest BCUT2D eigenvalue weighted by molar-refractivity contribution is 5.84. The van der Waals surface area contributed by atoms with E-state index < -0.39 is 12.2 Å². The molecule has 0 unspecified atom stereocenters. The molecule has 0 spiro atoms. The number of aromatic amines is 2. The summed E-state index contributed by atoms with van der Waals surface area (Å²) in [6, 6.07) is 26.4. The second kappa shape index (κ2) is 17.4. The summed E-state index contributed by atoms with van der Waals surface area (Å²) in [6.07, 6.45) is 9.16. The molecule has 12 nitrogen and oxygen atoms in total. The van der Waals surface area contributed by atoms with Gasteiger partial charge in [-0.3, -0.25) is 14.5 Å². The van der Waals surface area contributed by atoms with E-state index in [1.54, 1.807) is 0 Å². The molecular formula is C46H54N8O4. The van der Waals surface area contributed by atoms with Gasteiger partial charge in [0, 0.05) is 13.1 Å². The smallest absolute Gasteiger partial charge is 0.404 e. The van der Waals surface area contributed by atoms with E-state index in [9.17, 15) is 14.4 Å². The minimum atomic E-state index is -0.824. The molecule has 2 saturated heterocycles. The van der Waals surface area contributed by atoms with Gasteiger partial charge in [0.05, 0.1) is 41.8 Å². The number of benzene rings is 3. The SMILES string of the molecule is CCN(CC)[C@@H](C(=O)N1CCC[C@H]1c1ncc(-c2ccc(-c3ccc(-c4cnc([C@@H]5CCCN5C(=O)[C@H]5CCCC[C@H]5OC(N)=O)[nH]4)cc3)cc2)[nH]1)c1ccccc1. The number of nitrogens with one attached hydrogen (secondary N) is 2. The van der Waals surface area contributed by atoms with Crippen molar-refractivity contribution in [2.45, 2.75) is 89.4 Å². The van der Waals surface area contributed by atoms with Crippen LogP contribution in [0.3, 0.4) is 0 Å². The number of rotatable bonds is 12. The van der Waals surface area contributed by atoms with Gasteiger partial charge < -0.3 is 30.2 Å². The lowest BCUT2D eigenvalue weighted by molar-refractivity contribution is -0.142. The largest absolute Gasteiger partial charge is 0.446 e. The third-order valence-electron chi connectivity index (χ3n) is 12.4. The van der Waals surface area contributed by atoms with Gasteiger partial charge in [0.2, 0.25) is 11.8 Å². The highest BCUT2D eigenvalue weighted by atomic mass is 16.6. The lowest BCUT2D eigenvalue weighted by Gasteiger charge is -2.34. The fourth-order valence-corrected chi connectivity index (χ4v) is 9.39. The van der Waals surface area contributed by atoms with Gasteiger partial charge >= 0.3 is 6.09 Å². The molecule has 4 N–H and O–H groups in total. The van der Waals surface area contributed by atoms with Crippen molar-refractivity contribution in [3.63, 3.8) is 0 Å². The Labute approximate surface area is 340 Å². The maximum Gasteiger partial charge on any atom is 0.404 e. The van der Waals surface area contributed by atoms with Crippen LogP contribution in [0.4, 0.5) is 4.79 Å². The number of aromatic nitrogens is 4. The second-order valence-corrected chi connectivity index (χ2v) is 15.8. The van der Waals surface area contributed by atoms with Crippen LogP contribution in [0, 0.1) is 5.92 Å². The molecule has 0 bridgehead atoms. The number of likely N-dealkylation sites (tertiary alicyclic amines) is 2. The molecule has 2 aliphatic heterocycles. The van der Waals surface area contributed by atoms with E-state index in [4.69, 9.17) is 20.4 Å². The minimum absolute atomic E-state index is 0.0188. The first-order valence-corrected chi connectivity index (χ1v) is 21.0. The summed E-state index contributed by atoms with van der Waals surface area (Å²) in [7, 11) is 0. The van der Waals surface area contributed by atoms with Crippen molar-refractivity contribution in [2.24, 2.45) is 11.7 Å². The predicted octanol–water partition coefficient (Wildman–Crippen LogP) is 8.20. The Bertz CT molecular complexity index is 2180. The van der Waals surface area contributed by atoms with Crippen molar-refractivity contribution in [1.29, 1.82) is 0 Å². The van der Waals surface area contributed by atoms with E-state index in [0.29, 0.717) is 19.4 Å². The van der Waals surface area contributed by atoms with Gasteiger partial charge in [0.15, 0.2) is 0 Å². The first-order chi connectivity index (χ1) is 28.3. The fraction of sp³-hybridized carbons (Fsp3) is 0.413. The average molecular weight is 783 g/mol. The number of carbonyl (C=O) groups excluding carboxylic acids is 3. The van der Waals surface area contributed by atoms with Crippen molar-refractivity contribution < 1.29 is 19.1 Å². The molecule has 0 radical (unpaired) electrons. The van der Waals surface area contributed by atoms with Crippen LogP contribution in [0.25, 0.3) is 33.6 Å². The summed E-state index contributed by atoms with van der Waals surface area (Å²) in [5, 5.41) is 0. The number of hydrogen-bond donors (Lipinski definition) is 3. The summed E-state index contributed by atoms with van der Waals surface area (Å²) in [5.74, 6) is 1.38. The number of nitrogens with two attached hydrogens (primary N) is 1. The molecule has 5 aromatic rings. The number of ether oxygens (including phenoxy) is 1. The first-order valence-electron chi connectivity index (χ1n) is 21.0. The van der Waals surface area contributed by atoms with E-state index in [0.717, 1.165) is 109 Å². The van der Waals surface area contributed by atoms with Gasteiger partial charge in [0.25, 0.3) is 0 Å². The van der Waals surface area contributed by atoms with Gasteiger partial charge in [-0.25, -0.2) is 14.8 Å². The third-order valence-corrected chi connectivity index (χ3v) is 12.4. The highest BCUT2D eigenvalue weighted by Gasteiger charge is 2.41. The van der Waals surface area contributed by atoms with E-state index in [1.807, 2.05) is 40.4 Å². The van der Waals surface area contributed by atoms with Crippen LogP contribution in [-0.2, 0) is 14.3 Å². The van der Waals surface area contributed by atoms with E-state index in [2.05, 4.69) is 89.4 Å². The van der Waals surface area contributed by atoms with Crippen LogP contribution in [0.15, 0.2) is 91.3 Å². The molecule has 2 aromatic heterocycles. The Morgan fingerprint density at radius 3 is 1.78 bits per heavy atom. The zero-order valence-electron chi connectivity index (χ0n) is 33.5. The first kappa shape index (κ1) is 39.1. The normalized spacial score (nSPS) is 21.4. The zero-order chi connectivity index (χ0) is 40.2. The molecule has 3 fully saturated rings. The molecule has 12 heteroatoms. The predicted molar refractivity (Wildman–Crippen MR) is 223 cm³/mol. The lowest BCUT2D eigenvalue weighted by Crippen LogP contribution is -2.44. The number of amides is 3. The van der Waals surface area contributed by atoms with Gasteiger partial charge in [0.1, 0.15) is 23.8 Å². The zero-order valence-corrected chi connectivity index (χ0v) is 33.5. The van der Waals surface area contributed by atoms with Crippen LogP contribution in [0.5, 0.6) is 0 Å². The monoisotopic (exact) mass is 782 g/mol. The van der Waals surface area contributed by atoms with Gasteiger partial charge in [-0.05, 0) is 85.9 Å². The van der Waals surface area contributed by atoms with E-state index in [1.165, 1.54) is 0 Å². The maximum atomic E-state index is 14.2. The highest BCUT2D eigenvalue weighted by Crippen LogP contribution is 2.38. The molecule has 8 rings (SSSR count). The molecule has 302 valence electrons. The summed E-state index contributed by atoms with van der Waals surface area (Å²) < 4.78 is 5.36. The number of carbonyl (C=O) groups is 3. The van der Waals surface area contributed by atoms with Gasteiger partial charge in [-0.1, -0.05) is 99.1 Å². The molecule has 3 aliphatic rings. The summed E-state index contributed by atoms with van der Waals surface area (Å²) >= 11 is 0. The van der Waals surface area contributed by atoms with Crippen molar-refractivity contribution in [2.75, 3.05) is 26.2 Å². The third kappa shape index (κ3) is 8.02. The summed E-state index contributed by atoms with van der Waals surface area (Å²) in [4.78, 5) is 62.3. The van der Waals surface area contributed by atoms with E-state index in [-0.39, 0.29) is 35.9 Å². The summed E-state index contributed by atoms with van der Waals surface area (Å²) in [6.45, 7) is 7.18. The number of primary amides is 1. The maximum absolute atomic E-state index is 14.2. The van der Waals surface area contributed by atoms with Gasteiger partial charge in [-0.2, -0.15) is 0 Å². The quantitative estimate of drug-likeness (QED) is 0.115. The van der Waals surface area contributed by atoms with Crippen LogP contribution < -0.4 is 5.73 Å². The molecule has 58 heavy (non-hydrogen) atoms. The van der Waals surface area contributed by atoms with Crippen LogP contribution in [0.2, 0.25) is 0 Å². The molecular weight excluding hydrogens is 729 g/mol. The molecule has 4 heterocycles. The summed E-state index contributed by atoms with van der Waals surface area (Å²) in [5.41, 5.74) is 12.4. The van der Waals surface area contributed by atoms with Crippen LogP contribution in [-0.4, -0.2) is 84.8 Å². The number of likely N-dealkylation sites (N-methyl/N-ethyl adjacent to an activating group) is 1.